The van der Waals surface area contributed by atoms with Crippen LogP contribution in [0.1, 0.15) is 6.42 Å². The second kappa shape index (κ2) is 6.47. The lowest BCUT2D eigenvalue weighted by Gasteiger charge is -2.21. The monoisotopic (exact) mass is 279 g/mol. The van der Waals surface area contributed by atoms with Crippen molar-refractivity contribution in [3.8, 4) is 0 Å². The fourth-order valence-corrected chi connectivity index (χ4v) is 2.90. The van der Waals surface area contributed by atoms with Crippen LogP contribution >= 0.6 is 11.8 Å². The van der Waals surface area contributed by atoms with Crippen LogP contribution in [-0.4, -0.2) is 30.8 Å². The van der Waals surface area contributed by atoms with Crippen molar-refractivity contribution >= 4 is 17.4 Å². The Morgan fingerprint density at radius 2 is 2.21 bits per heavy atom. The fourth-order valence-electron chi connectivity index (χ4n) is 1.90. The molecule has 1 aromatic rings. The molecular formula is C13H17N3O2S. The third kappa shape index (κ3) is 3.64. The highest BCUT2D eigenvalue weighted by atomic mass is 32.2. The van der Waals surface area contributed by atoms with E-state index in [0.29, 0.717) is 11.6 Å². The van der Waals surface area contributed by atoms with Gasteiger partial charge in [-0.1, -0.05) is 18.2 Å². The van der Waals surface area contributed by atoms with E-state index in [0.717, 1.165) is 24.4 Å². The summed E-state index contributed by atoms with van der Waals surface area (Å²) < 4.78 is 0. The van der Waals surface area contributed by atoms with Crippen molar-refractivity contribution in [3.05, 3.63) is 51.2 Å². The van der Waals surface area contributed by atoms with Crippen LogP contribution < -0.4 is 10.2 Å². The molecule has 2 rings (SSSR count). The number of benzene rings is 1. The maximum absolute atomic E-state index is 11.2. The average Bonchev–Trinajstić information content (AvgIpc) is 2.46. The zero-order chi connectivity index (χ0) is 13.7. The highest BCUT2D eigenvalue weighted by Gasteiger charge is 2.23. The summed E-state index contributed by atoms with van der Waals surface area (Å²) in [6.07, 6.45) is 1.05. The van der Waals surface area contributed by atoms with Crippen molar-refractivity contribution in [2.75, 3.05) is 30.8 Å². The lowest BCUT2D eigenvalue weighted by Crippen LogP contribution is -2.29. The standard InChI is InChI=1S/C13H17N3O2S/c1-15(11-6-3-2-4-7-11)10-12(16(17)18)13-14-8-5-9-19-13/h2-4,6-7,14H,5,8-10H2,1H3/b13-12-. The molecule has 0 saturated carbocycles. The summed E-state index contributed by atoms with van der Waals surface area (Å²) in [6.45, 7) is 1.11. The average molecular weight is 279 g/mol. The van der Waals surface area contributed by atoms with Gasteiger partial charge in [-0.15, -0.1) is 11.8 Å². The van der Waals surface area contributed by atoms with Gasteiger partial charge in [-0.25, -0.2) is 0 Å². The predicted octanol–water partition coefficient (Wildman–Crippen LogP) is 2.30. The minimum atomic E-state index is -0.278. The highest BCUT2D eigenvalue weighted by Crippen LogP contribution is 2.23. The Labute approximate surface area is 116 Å². The molecule has 0 radical (unpaired) electrons. The van der Waals surface area contributed by atoms with Gasteiger partial charge in [-0.2, -0.15) is 0 Å². The van der Waals surface area contributed by atoms with Crippen LogP contribution in [0, 0.1) is 10.1 Å². The van der Waals surface area contributed by atoms with Gasteiger partial charge < -0.3 is 10.2 Å². The number of hydrogen-bond acceptors (Lipinski definition) is 5. The molecule has 1 aliphatic heterocycles. The molecule has 5 nitrogen and oxygen atoms in total. The van der Waals surface area contributed by atoms with E-state index < -0.39 is 0 Å². The Bertz CT molecular complexity index is 468. The van der Waals surface area contributed by atoms with E-state index in [2.05, 4.69) is 5.32 Å². The number of likely N-dealkylation sites (N-methyl/N-ethyl adjacent to an activating group) is 1. The molecule has 1 saturated heterocycles. The molecule has 6 heteroatoms. The van der Waals surface area contributed by atoms with Gasteiger partial charge in [0.25, 0.3) is 5.70 Å². The van der Waals surface area contributed by atoms with Crippen LogP contribution in [0.3, 0.4) is 0 Å². The van der Waals surface area contributed by atoms with E-state index in [1.54, 1.807) is 0 Å². The molecule has 0 unspecified atom stereocenters. The van der Waals surface area contributed by atoms with Crippen LogP contribution in [0.4, 0.5) is 5.69 Å². The van der Waals surface area contributed by atoms with E-state index >= 15 is 0 Å². The van der Waals surface area contributed by atoms with E-state index in [1.165, 1.54) is 11.8 Å². The summed E-state index contributed by atoms with van der Waals surface area (Å²) in [5.41, 5.74) is 1.22. The van der Waals surface area contributed by atoms with Crippen molar-refractivity contribution in [1.82, 2.24) is 5.32 Å². The van der Waals surface area contributed by atoms with Gasteiger partial charge in [0.2, 0.25) is 0 Å². The van der Waals surface area contributed by atoms with E-state index in [9.17, 15) is 10.1 Å². The van der Waals surface area contributed by atoms with Crippen LogP contribution in [0.25, 0.3) is 0 Å². The van der Waals surface area contributed by atoms with E-state index in [-0.39, 0.29) is 10.6 Å². The number of nitrogens with zero attached hydrogens (tertiary/aromatic N) is 2. The summed E-state index contributed by atoms with van der Waals surface area (Å²) in [6, 6.07) is 9.69. The van der Waals surface area contributed by atoms with Gasteiger partial charge in [0, 0.05) is 25.0 Å². The Hall–Kier alpha value is -1.69. The van der Waals surface area contributed by atoms with E-state index in [1.807, 2.05) is 42.3 Å². The largest absolute Gasteiger partial charge is 0.374 e. The van der Waals surface area contributed by atoms with Gasteiger partial charge in [-0.3, -0.25) is 10.1 Å². The zero-order valence-corrected chi connectivity index (χ0v) is 11.7. The maximum Gasteiger partial charge on any atom is 0.294 e. The smallest absolute Gasteiger partial charge is 0.294 e. The van der Waals surface area contributed by atoms with Crippen LogP contribution in [-0.2, 0) is 0 Å². The third-order valence-corrected chi connectivity index (χ3v) is 4.08. The first-order valence-corrected chi connectivity index (χ1v) is 7.17. The summed E-state index contributed by atoms with van der Waals surface area (Å²) in [4.78, 5) is 12.8. The van der Waals surface area contributed by atoms with Gasteiger partial charge in [0.1, 0.15) is 11.6 Å². The second-order valence-electron chi connectivity index (χ2n) is 4.35. The van der Waals surface area contributed by atoms with Gasteiger partial charge in [0.15, 0.2) is 0 Å². The van der Waals surface area contributed by atoms with Crippen molar-refractivity contribution in [3.63, 3.8) is 0 Å². The Morgan fingerprint density at radius 1 is 1.47 bits per heavy atom. The first-order chi connectivity index (χ1) is 9.18. The van der Waals surface area contributed by atoms with Crippen molar-refractivity contribution < 1.29 is 4.92 Å². The minimum Gasteiger partial charge on any atom is -0.374 e. The summed E-state index contributed by atoms with van der Waals surface area (Å²) in [5.74, 6) is 0.939. The number of nitrogens with one attached hydrogen (secondary N) is 1. The number of hydrogen-bond donors (Lipinski definition) is 1. The molecule has 1 aliphatic rings. The first kappa shape index (κ1) is 13.7. The normalized spacial score (nSPS) is 17.5. The number of thioether (sulfide) groups is 1. The van der Waals surface area contributed by atoms with Gasteiger partial charge in [0.05, 0.1) is 4.92 Å². The third-order valence-electron chi connectivity index (χ3n) is 2.92. The molecule has 0 aromatic heterocycles. The van der Waals surface area contributed by atoms with Crippen molar-refractivity contribution in [2.24, 2.45) is 0 Å². The molecule has 0 amide bonds. The lowest BCUT2D eigenvalue weighted by atomic mass is 10.3. The quantitative estimate of drug-likeness (QED) is 0.677. The number of anilines is 1. The van der Waals surface area contributed by atoms with E-state index in [4.69, 9.17) is 0 Å². The zero-order valence-electron chi connectivity index (χ0n) is 10.8. The molecule has 0 spiro atoms. The molecule has 1 heterocycles. The van der Waals surface area contributed by atoms with Crippen molar-refractivity contribution in [1.29, 1.82) is 0 Å². The molecule has 1 N–H and O–H groups in total. The first-order valence-electron chi connectivity index (χ1n) is 6.19. The molecule has 1 aromatic carbocycles. The summed E-state index contributed by atoms with van der Waals surface area (Å²) >= 11 is 1.54. The summed E-state index contributed by atoms with van der Waals surface area (Å²) in [7, 11) is 1.87. The highest BCUT2D eigenvalue weighted by molar-refractivity contribution is 8.03. The fraction of sp³-hybridized carbons (Fsp3) is 0.385. The molecular weight excluding hydrogens is 262 g/mol. The van der Waals surface area contributed by atoms with Crippen LogP contribution in [0.2, 0.25) is 0 Å². The molecule has 0 bridgehead atoms. The van der Waals surface area contributed by atoms with Crippen LogP contribution in [0.15, 0.2) is 41.1 Å². The topological polar surface area (TPSA) is 58.4 Å². The summed E-state index contributed by atoms with van der Waals surface area (Å²) in [5, 5.41) is 15.1. The molecule has 1 fully saturated rings. The van der Waals surface area contributed by atoms with Crippen LogP contribution in [0.5, 0.6) is 0 Å². The maximum atomic E-state index is 11.2. The van der Waals surface area contributed by atoms with Gasteiger partial charge >= 0.3 is 0 Å². The number of para-hydroxylation sites is 1. The molecule has 19 heavy (non-hydrogen) atoms. The Kier molecular flexibility index (Phi) is 4.68. The Balaban J connectivity index is 2.15. The second-order valence-corrected chi connectivity index (χ2v) is 5.46. The Morgan fingerprint density at radius 3 is 2.79 bits per heavy atom. The number of rotatable bonds is 4. The number of nitro groups is 1. The molecule has 0 aliphatic carbocycles. The van der Waals surface area contributed by atoms with Gasteiger partial charge in [-0.05, 0) is 18.6 Å². The minimum absolute atomic E-state index is 0.246. The lowest BCUT2D eigenvalue weighted by molar-refractivity contribution is -0.426. The molecule has 102 valence electrons. The predicted molar refractivity (Wildman–Crippen MR) is 78.8 cm³/mol. The SMILES string of the molecule is CN(C/C(=C1\NCCCS1)[N+](=O)[O-])c1ccccc1. The molecule has 0 atom stereocenters. The van der Waals surface area contributed by atoms with Crippen molar-refractivity contribution in [2.45, 2.75) is 6.42 Å².